The largest absolute Gasteiger partial charge is 0.497 e. The van der Waals surface area contributed by atoms with Crippen molar-refractivity contribution >= 4 is 15.7 Å². The van der Waals surface area contributed by atoms with E-state index in [1.165, 1.54) is 13.2 Å². The quantitative estimate of drug-likeness (QED) is 0.613. The van der Waals surface area contributed by atoms with Gasteiger partial charge < -0.3 is 24.8 Å². The first-order valence-corrected chi connectivity index (χ1v) is 11.3. The van der Waals surface area contributed by atoms with Gasteiger partial charge >= 0.3 is 0 Å². The molecular weight excluding hydrogens is 406 g/mol. The number of sulfonamides is 1. The Labute approximate surface area is 178 Å². The molecule has 9 heteroatoms. The number of nitrogen functional groups attached to an aromatic ring is 1. The van der Waals surface area contributed by atoms with Gasteiger partial charge in [-0.05, 0) is 44.2 Å². The molecule has 3 rings (SSSR count). The summed E-state index contributed by atoms with van der Waals surface area (Å²) in [5.74, 6) is 1.48. The third kappa shape index (κ3) is 5.35. The highest BCUT2D eigenvalue weighted by Crippen LogP contribution is 2.30. The average molecular weight is 436 g/mol. The Hall–Kier alpha value is -2.49. The first-order chi connectivity index (χ1) is 14.3. The maximum atomic E-state index is 13.1. The number of hydrogen-bond donors (Lipinski definition) is 2. The number of nitrogens with two attached hydrogens (primary N) is 1. The van der Waals surface area contributed by atoms with Crippen LogP contribution in [0.25, 0.3) is 0 Å². The molecule has 0 spiro atoms. The molecule has 2 aromatic rings. The van der Waals surface area contributed by atoms with Crippen molar-refractivity contribution in [1.82, 2.24) is 9.62 Å². The lowest BCUT2D eigenvalue weighted by molar-refractivity contribution is 0.111. The molecule has 30 heavy (non-hydrogen) atoms. The van der Waals surface area contributed by atoms with Crippen molar-refractivity contribution in [3.8, 4) is 17.2 Å². The van der Waals surface area contributed by atoms with E-state index in [1.54, 1.807) is 37.4 Å². The van der Waals surface area contributed by atoms with Crippen molar-refractivity contribution in [1.29, 1.82) is 0 Å². The van der Waals surface area contributed by atoms with Crippen LogP contribution in [0.2, 0.25) is 0 Å². The third-order valence-corrected chi connectivity index (χ3v) is 6.59. The van der Waals surface area contributed by atoms with Gasteiger partial charge in [-0.25, -0.2) is 13.1 Å². The lowest BCUT2D eigenvalue weighted by atomic mass is 10.1. The van der Waals surface area contributed by atoms with Gasteiger partial charge in [0, 0.05) is 37.0 Å². The number of hydrogen-bond acceptors (Lipinski definition) is 7. The van der Waals surface area contributed by atoms with Crippen molar-refractivity contribution in [2.24, 2.45) is 0 Å². The first kappa shape index (κ1) is 22.2. The molecule has 0 aliphatic carbocycles. The molecule has 0 bridgehead atoms. The van der Waals surface area contributed by atoms with Crippen LogP contribution in [0.3, 0.4) is 0 Å². The second kappa shape index (κ2) is 9.55. The smallest absolute Gasteiger partial charge is 0.244 e. The summed E-state index contributed by atoms with van der Waals surface area (Å²) in [6.07, 6.45) is 1.66. The molecule has 0 amide bonds. The van der Waals surface area contributed by atoms with E-state index < -0.39 is 10.0 Å². The van der Waals surface area contributed by atoms with Crippen LogP contribution in [0.4, 0.5) is 5.69 Å². The second-order valence-corrected chi connectivity index (χ2v) is 9.06. The van der Waals surface area contributed by atoms with Crippen molar-refractivity contribution in [3.63, 3.8) is 0 Å². The Kier molecular flexibility index (Phi) is 7.06. The Bertz CT molecular complexity index is 973. The Morgan fingerprint density at radius 1 is 1.07 bits per heavy atom. The fraction of sp³-hybridized carbons (Fsp3) is 0.429. The summed E-state index contributed by atoms with van der Waals surface area (Å²) in [5, 5.41) is 0. The molecule has 1 aliphatic rings. The van der Waals surface area contributed by atoms with Gasteiger partial charge in [-0.3, -0.25) is 0 Å². The van der Waals surface area contributed by atoms with Gasteiger partial charge in [0.25, 0.3) is 0 Å². The summed E-state index contributed by atoms with van der Waals surface area (Å²) < 4.78 is 45.4. The van der Waals surface area contributed by atoms with E-state index in [1.807, 2.05) is 0 Å². The number of piperidine rings is 1. The van der Waals surface area contributed by atoms with E-state index in [-0.39, 0.29) is 17.5 Å². The molecule has 0 radical (unpaired) electrons. The SMILES string of the molecule is COc1ccc(CNS(=O)(=O)c2cc(N)ccc2OC2CCN(C)CC2)c(OC)c1. The standard InChI is InChI=1S/C21H29N3O5S/c1-24-10-8-17(9-11-24)29-19-7-5-16(22)12-21(19)30(25,26)23-14-15-4-6-18(27-2)13-20(15)28-3/h4-7,12-13,17,23H,8-11,14,22H2,1-3H3. The summed E-state index contributed by atoms with van der Waals surface area (Å²) in [5.41, 5.74) is 6.91. The summed E-state index contributed by atoms with van der Waals surface area (Å²) in [7, 11) is 1.28. The highest BCUT2D eigenvalue weighted by Gasteiger charge is 2.24. The fourth-order valence-corrected chi connectivity index (χ4v) is 4.54. The number of likely N-dealkylation sites (tertiary alicyclic amines) is 1. The highest BCUT2D eigenvalue weighted by atomic mass is 32.2. The van der Waals surface area contributed by atoms with Gasteiger partial charge in [0.15, 0.2) is 0 Å². The molecule has 3 N–H and O–H groups in total. The zero-order valence-electron chi connectivity index (χ0n) is 17.6. The Morgan fingerprint density at radius 3 is 2.47 bits per heavy atom. The minimum atomic E-state index is -3.87. The predicted molar refractivity (Wildman–Crippen MR) is 116 cm³/mol. The first-order valence-electron chi connectivity index (χ1n) is 9.77. The van der Waals surface area contributed by atoms with Gasteiger partial charge in [0.1, 0.15) is 28.2 Å². The van der Waals surface area contributed by atoms with Crippen LogP contribution in [0.5, 0.6) is 17.2 Å². The second-order valence-electron chi connectivity index (χ2n) is 7.33. The summed E-state index contributed by atoms with van der Waals surface area (Å²) >= 11 is 0. The number of anilines is 1. The predicted octanol–water partition coefficient (Wildman–Crippen LogP) is 2.24. The number of methoxy groups -OCH3 is 2. The number of nitrogens with one attached hydrogen (secondary N) is 1. The van der Waals surface area contributed by atoms with Crippen molar-refractivity contribution in [2.75, 3.05) is 40.1 Å². The molecule has 0 saturated carbocycles. The molecule has 0 unspecified atom stereocenters. The molecule has 1 heterocycles. The normalized spacial score (nSPS) is 15.7. The van der Waals surface area contributed by atoms with Gasteiger partial charge in [0.2, 0.25) is 10.0 Å². The van der Waals surface area contributed by atoms with E-state index >= 15 is 0 Å². The average Bonchev–Trinajstić information content (AvgIpc) is 2.75. The summed E-state index contributed by atoms with van der Waals surface area (Å²) in [4.78, 5) is 2.26. The monoisotopic (exact) mass is 435 g/mol. The topological polar surface area (TPSA) is 103 Å². The van der Waals surface area contributed by atoms with Crippen LogP contribution in [0.1, 0.15) is 18.4 Å². The molecule has 8 nitrogen and oxygen atoms in total. The van der Waals surface area contributed by atoms with Crippen LogP contribution in [-0.4, -0.2) is 53.8 Å². The van der Waals surface area contributed by atoms with E-state index in [9.17, 15) is 8.42 Å². The minimum absolute atomic E-state index is 0.0274. The van der Waals surface area contributed by atoms with Gasteiger partial charge in [0.05, 0.1) is 14.2 Å². The van der Waals surface area contributed by atoms with Gasteiger partial charge in [-0.1, -0.05) is 6.07 Å². The number of nitrogens with zero attached hydrogens (tertiary/aromatic N) is 1. The molecule has 1 aliphatic heterocycles. The maximum Gasteiger partial charge on any atom is 0.244 e. The van der Waals surface area contributed by atoms with E-state index in [2.05, 4.69) is 16.7 Å². The van der Waals surface area contributed by atoms with Crippen molar-refractivity contribution in [2.45, 2.75) is 30.4 Å². The van der Waals surface area contributed by atoms with Crippen LogP contribution in [0.15, 0.2) is 41.3 Å². The molecule has 1 saturated heterocycles. The number of benzene rings is 2. The number of ether oxygens (including phenoxy) is 3. The molecular formula is C21H29N3O5S. The zero-order chi connectivity index (χ0) is 21.7. The minimum Gasteiger partial charge on any atom is -0.497 e. The summed E-state index contributed by atoms with van der Waals surface area (Å²) in [6.45, 7) is 1.88. The van der Waals surface area contributed by atoms with Crippen LogP contribution in [-0.2, 0) is 16.6 Å². The van der Waals surface area contributed by atoms with Crippen LogP contribution in [0, 0.1) is 0 Å². The van der Waals surface area contributed by atoms with E-state index in [0.29, 0.717) is 28.5 Å². The van der Waals surface area contributed by atoms with Gasteiger partial charge in [-0.15, -0.1) is 0 Å². The maximum absolute atomic E-state index is 13.1. The molecule has 1 fully saturated rings. The highest BCUT2D eigenvalue weighted by molar-refractivity contribution is 7.89. The summed E-state index contributed by atoms with van der Waals surface area (Å²) in [6, 6.07) is 9.92. The van der Waals surface area contributed by atoms with E-state index in [0.717, 1.165) is 25.9 Å². The molecule has 0 aromatic heterocycles. The lowest BCUT2D eigenvalue weighted by Crippen LogP contribution is -2.36. The third-order valence-electron chi connectivity index (χ3n) is 5.16. The zero-order valence-corrected chi connectivity index (χ0v) is 18.4. The number of rotatable bonds is 8. The molecule has 164 valence electrons. The Balaban J connectivity index is 1.79. The Morgan fingerprint density at radius 2 is 1.80 bits per heavy atom. The van der Waals surface area contributed by atoms with Crippen LogP contribution >= 0.6 is 0 Å². The molecule has 0 atom stereocenters. The van der Waals surface area contributed by atoms with Gasteiger partial charge in [-0.2, -0.15) is 0 Å². The fourth-order valence-electron chi connectivity index (χ4n) is 3.36. The lowest BCUT2D eigenvalue weighted by Gasteiger charge is -2.29. The van der Waals surface area contributed by atoms with Crippen LogP contribution < -0.4 is 24.7 Å². The van der Waals surface area contributed by atoms with Crippen molar-refractivity contribution < 1.29 is 22.6 Å². The van der Waals surface area contributed by atoms with Crippen molar-refractivity contribution in [3.05, 3.63) is 42.0 Å². The molecule has 2 aromatic carbocycles. The van der Waals surface area contributed by atoms with E-state index in [4.69, 9.17) is 19.9 Å².